The Balaban J connectivity index is 1.82. The summed E-state index contributed by atoms with van der Waals surface area (Å²) in [4.78, 5) is 0. The van der Waals surface area contributed by atoms with Crippen LogP contribution < -0.4 is 16.9 Å². The molecule has 4 rings (SSSR count). The lowest BCUT2D eigenvalue weighted by molar-refractivity contribution is 0.402. The fraction of sp³-hybridized carbons (Fsp3) is 0.261. The fourth-order valence-corrected chi connectivity index (χ4v) is 3.95. The molecule has 3 aromatic rings. The molecule has 2 aromatic carbocycles. The molecule has 1 aliphatic heterocycles. The van der Waals surface area contributed by atoms with Crippen molar-refractivity contribution in [3.63, 3.8) is 0 Å². The van der Waals surface area contributed by atoms with E-state index in [1.165, 1.54) is 11.1 Å². The molecular formula is C23H28N6. The summed E-state index contributed by atoms with van der Waals surface area (Å²) in [6.07, 6.45) is 4.78. The molecule has 5 N–H and O–H groups in total. The van der Waals surface area contributed by atoms with Crippen molar-refractivity contribution in [1.82, 2.24) is 14.8 Å². The number of aryl methyl sites for hydroxylation is 2. The van der Waals surface area contributed by atoms with E-state index >= 15 is 0 Å². The van der Waals surface area contributed by atoms with Gasteiger partial charge < -0.3 is 16.1 Å². The third-order valence-corrected chi connectivity index (χ3v) is 5.43. The number of fused-ring (bicyclic) bond motifs is 1. The molecule has 0 aliphatic carbocycles. The van der Waals surface area contributed by atoms with Gasteiger partial charge in [-0.3, -0.25) is 4.68 Å². The van der Waals surface area contributed by atoms with Crippen molar-refractivity contribution in [3.05, 3.63) is 77.2 Å². The monoisotopic (exact) mass is 388 g/mol. The Hall–Kier alpha value is -3.25. The Morgan fingerprint density at radius 3 is 2.55 bits per heavy atom. The summed E-state index contributed by atoms with van der Waals surface area (Å²) in [6, 6.07) is 15.1. The van der Waals surface area contributed by atoms with Crippen LogP contribution in [0.1, 0.15) is 36.1 Å². The number of nitrogens with one attached hydrogen (secondary N) is 1. The number of nitrogens with zero attached hydrogens (tertiary/aromatic N) is 3. The highest BCUT2D eigenvalue weighted by atomic mass is 15.4. The van der Waals surface area contributed by atoms with E-state index in [1.807, 2.05) is 31.0 Å². The van der Waals surface area contributed by atoms with Crippen molar-refractivity contribution in [1.29, 1.82) is 0 Å². The molecule has 0 radical (unpaired) electrons. The van der Waals surface area contributed by atoms with Crippen molar-refractivity contribution < 1.29 is 0 Å². The normalized spacial score (nSPS) is 18.2. The minimum Gasteiger partial charge on any atom is -0.401 e. The molecule has 150 valence electrons. The first kappa shape index (κ1) is 19.1. The SMILES string of the molecule is C/C(N)=C1\c2ccc(-c3cnn(C)c3)cc2C(Nc2ccc(C)cc2)CCN1N. The molecule has 2 heterocycles. The molecule has 1 aliphatic rings. The number of hydrogen-bond donors (Lipinski definition) is 3. The average Bonchev–Trinajstić information content (AvgIpc) is 3.07. The van der Waals surface area contributed by atoms with Gasteiger partial charge in [0.2, 0.25) is 0 Å². The maximum Gasteiger partial charge on any atom is 0.0777 e. The van der Waals surface area contributed by atoms with Crippen LogP contribution in [0.15, 0.2) is 60.6 Å². The summed E-state index contributed by atoms with van der Waals surface area (Å²) in [5, 5.41) is 9.79. The standard InChI is InChI=1S/C23H28N6/c1-15-4-7-19(8-5-15)27-22-10-11-29(25)23(16(2)24)20-9-6-17(12-21(20)22)18-13-26-28(3)14-18/h4-9,12-14,22,27H,10-11,24-25H2,1-3H3/b23-16-. The first-order valence-electron chi connectivity index (χ1n) is 9.87. The zero-order valence-corrected chi connectivity index (χ0v) is 17.2. The van der Waals surface area contributed by atoms with Crippen molar-refractivity contribution in [3.8, 4) is 11.1 Å². The van der Waals surface area contributed by atoms with Crippen molar-refractivity contribution >= 4 is 11.4 Å². The van der Waals surface area contributed by atoms with Gasteiger partial charge in [-0.25, -0.2) is 5.84 Å². The largest absolute Gasteiger partial charge is 0.401 e. The van der Waals surface area contributed by atoms with E-state index in [1.54, 1.807) is 5.01 Å². The summed E-state index contributed by atoms with van der Waals surface area (Å²) in [6.45, 7) is 4.71. The highest BCUT2D eigenvalue weighted by molar-refractivity contribution is 5.74. The van der Waals surface area contributed by atoms with Gasteiger partial charge in [-0.2, -0.15) is 5.10 Å². The van der Waals surface area contributed by atoms with Crippen LogP contribution in [0.3, 0.4) is 0 Å². The van der Waals surface area contributed by atoms with Gasteiger partial charge in [0.05, 0.1) is 17.9 Å². The number of hydrogen-bond acceptors (Lipinski definition) is 5. The summed E-state index contributed by atoms with van der Waals surface area (Å²) in [5.74, 6) is 6.38. The second-order valence-electron chi connectivity index (χ2n) is 7.78. The third kappa shape index (κ3) is 3.84. The number of nitrogens with two attached hydrogens (primary N) is 2. The Bertz CT molecular complexity index is 1040. The van der Waals surface area contributed by atoms with E-state index < -0.39 is 0 Å². The van der Waals surface area contributed by atoms with Crippen LogP contribution in [0.5, 0.6) is 0 Å². The molecule has 1 atom stereocenters. The summed E-state index contributed by atoms with van der Waals surface area (Å²) in [7, 11) is 1.93. The van der Waals surface area contributed by atoms with Gasteiger partial charge in [0.1, 0.15) is 0 Å². The van der Waals surface area contributed by atoms with Crippen LogP contribution in [0.4, 0.5) is 5.69 Å². The smallest absolute Gasteiger partial charge is 0.0777 e. The Kier molecular flexibility index (Phi) is 5.03. The first-order chi connectivity index (χ1) is 13.9. The van der Waals surface area contributed by atoms with Crippen LogP contribution in [0.2, 0.25) is 0 Å². The predicted molar refractivity (Wildman–Crippen MR) is 118 cm³/mol. The highest BCUT2D eigenvalue weighted by Gasteiger charge is 2.26. The molecule has 0 saturated carbocycles. The Morgan fingerprint density at radius 1 is 1.14 bits per heavy atom. The molecule has 1 unspecified atom stereocenters. The van der Waals surface area contributed by atoms with Crippen LogP contribution >= 0.6 is 0 Å². The van der Waals surface area contributed by atoms with E-state index in [0.29, 0.717) is 6.54 Å². The molecule has 0 amide bonds. The van der Waals surface area contributed by atoms with Crippen molar-refractivity contribution in [2.75, 3.05) is 11.9 Å². The lowest BCUT2D eigenvalue weighted by Gasteiger charge is -2.22. The zero-order chi connectivity index (χ0) is 20.5. The topological polar surface area (TPSA) is 85.1 Å². The van der Waals surface area contributed by atoms with Gasteiger partial charge >= 0.3 is 0 Å². The second-order valence-corrected chi connectivity index (χ2v) is 7.78. The van der Waals surface area contributed by atoms with Gasteiger partial charge in [-0.15, -0.1) is 0 Å². The lowest BCUT2D eigenvalue weighted by atomic mass is 9.93. The van der Waals surface area contributed by atoms with Crippen LogP contribution in [-0.2, 0) is 7.05 Å². The molecule has 0 bridgehead atoms. The molecule has 1 aromatic heterocycles. The number of anilines is 1. The minimum absolute atomic E-state index is 0.118. The second kappa shape index (κ2) is 7.64. The number of benzene rings is 2. The van der Waals surface area contributed by atoms with E-state index in [9.17, 15) is 0 Å². The fourth-order valence-electron chi connectivity index (χ4n) is 3.95. The highest BCUT2D eigenvalue weighted by Crippen LogP contribution is 2.37. The van der Waals surface area contributed by atoms with E-state index in [2.05, 4.69) is 59.8 Å². The average molecular weight is 389 g/mol. The van der Waals surface area contributed by atoms with E-state index in [-0.39, 0.29) is 6.04 Å². The van der Waals surface area contributed by atoms with Crippen molar-refractivity contribution in [2.24, 2.45) is 18.6 Å². The number of aromatic nitrogens is 2. The third-order valence-electron chi connectivity index (χ3n) is 5.43. The van der Waals surface area contributed by atoms with Crippen LogP contribution in [-0.4, -0.2) is 21.3 Å². The minimum atomic E-state index is 0.118. The summed E-state index contributed by atoms with van der Waals surface area (Å²) < 4.78 is 1.82. The summed E-state index contributed by atoms with van der Waals surface area (Å²) >= 11 is 0. The Morgan fingerprint density at radius 2 is 1.90 bits per heavy atom. The van der Waals surface area contributed by atoms with Crippen LogP contribution in [0.25, 0.3) is 16.8 Å². The quantitative estimate of drug-likeness (QED) is 0.595. The lowest BCUT2D eigenvalue weighted by Crippen LogP contribution is -2.31. The van der Waals surface area contributed by atoms with Gasteiger partial charge in [0.25, 0.3) is 0 Å². The predicted octanol–water partition coefficient (Wildman–Crippen LogP) is 3.78. The van der Waals surface area contributed by atoms with Gasteiger partial charge in [0, 0.05) is 42.3 Å². The van der Waals surface area contributed by atoms with Crippen LogP contribution in [0, 0.1) is 6.92 Å². The van der Waals surface area contributed by atoms with E-state index in [0.717, 1.165) is 40.2 Å². The zero-order valence-electron chi connectivity index (χ0n) is 17.2. The Labute approximate surface area is 171 Å². The van der Waals surface area contributed by atoms with Crippen molar-refractivity contribution in [2.45, 2.75) is 26.3 Å². The maximum atomic E-state index is 6.38. The number of hydrazine groups is 1. The molecule has 6 nitrogen and oxygen atoms in total. The van der Waals surface area contributed by atoms with Gasteiger partial charge in [0.15, 0.2) is 0 Å². The molecule has 6 heteroatoms. The van der Waals surface area contributed by atoms with Gasteiger partial charge in [-0.05, 0) is 49.6 Å². The van der Waals surface area contributed by atoms with Gasteiger partial charge in [-0.1, -0.05) is 29.8 Å². The number of allylic oxidation sites excluding steroid dienone is 1. The molecule has 0 fully saturated rings. The molecule has 0 saturated heterocycles. The van der Waals surface area contributed by atoms with E-state index in [4.69, 9.17) is 11.6 Å². The first-order valence-corrected chi connectivity index (χ1v) is 9.87. The molecular weight excluding hydrogens is 360 g/mol. The summed E-state index contributed by atoms with van der Waals surface area (Å²) in [5.41, 5.74) is 14.7. The molecule has 0 spiro atoms. The molecule has 29 heavy (non-hydrogen) atoms. The maximum absolute atomic E-state index is 6.38. The number of rotatable bonds is 3.